The minimum absolute atomic E-state index is 0.0401. The van der Waals surface area contributed by atoms with Gasteiger partial charge in [-0.25, -0.2) is 0 Å². The van der Waals surface area contributed by atoms with Gasteiger partial charge in [0.25, 0.3) is 17.5 Å². The molecule has 0 aliphatic carbocycles. The van der Waals surface area contributed by atoms with Gasteiger partial charge in [-0.1, -0.05) is 0 Å². The van der Waals surface area contributed by atoms with Crippen molar-refractivity contribution < 1.29 is 28.9 Å². The molecule has 0 bridgehead atoms. The molecule has 1 aliphatic heterocycles. The molecule has 0 spiro atoms. The number of amides is 2. The summed E-state index contributed by atoms with van der Waals surface area (Å²) in [6.45, 7) is 0. The molecule has 0 saturated carbocycles. The predicted molar refractivity (Wildman–Crippen MR) is 127 cm³/mol. The second kappa shape index (κ2) is 9.52. The van der Waals surface area contributed by atoms with Crippen molar-refractivity contribution in [2.45, 2.75) is 0 Å². The molecule has 0 radical (unpaired) electrons. The number of non-ortho nitro benzene ring substituents is 1. The van der Waals surface area contributed by atoms with Crippen LogP contribution in [0.3, 0.4) is 0 Å². The number of methoxy groups -OCH3 is 1. The van der Waals surface area contributed by atoms with Crippen LogP contribution in [0, 0.1) is 20.2 Å². The van der Waals surface area contributed by atoms with E-state index in [4.69, 9.17) is 21.7 Å². The van der Waals surface area contributed by atoms with Crippen LogP contribution in [-0.4, -0.2) is 57.8 Å². The molecular weight excluding hydrogens is 536 g/mol. The molecule has 0 unspecified atom stereocenters. The summed E-state index contributed by atoms with van der Waals surface area (Å²) in [5.74, 6) is -1.26. The van der Waals surface area contributed by atoms with E-state index >= 15 is 0 Å². The molecule has 1 aliphatic rings. The molecule has 176 valence electrons. The zero-order valence-electron chi connectivity index (χ0n) is 17.8. The number of thiocarbonyl (C=S) groups is 1. The van der Waals surface area contributed by atoms with E-state index in [0.717, 1.165) is 18.2 Å². The number of nitrogens with zero attached hydrogens (tertiary/aromatic N) is 4. The maximum Gasteiger partial charge on any atom is 0.318 e. The maximum atomic E-state index is 12.6. The highest BCUT2D eigenvalue weighted by Crippen LogP contribution is 2.43. The average Bonchev–Trinajstić information content (AvgIpc) is 2.80. The van der Waals surface area contributed by atoms with Gasteiger partial charge in [0.1, 0.15) is 5.57 Å². The molecule has 14 heteroatoms. The van der Waals surface area contributed by atoms with Gasteiger partial charge in [-0.2, -0.15) is 0 Å². The standard InChI is InChI=1S/C20H15BrN4O8S/c1-22-18(26)12(19(27)23(2)20(22)34)6-10-7-13(21)17(16(8-10)32-3)33-15-5-4-11(24(28)29)9-14(15)25(30)31/h4-9H,1-3H3. The van der Waals surface area contributed by atoms with E-state index in [1.54, 1.807) is 0 Å². The van der Waals surface area contributed by atoms with Crippen LogP contribution < -0.4 is 9.47 Å². The van der Waals surface area contributed by atoms with Crippen LogP contribution in [0.4, 0.5) is 11.4 Å². The first-order valence-corrected chi connectivity index (χ1v) is 10.5. The van der Waals surface area contributed by atoms with Gasteiger partial charge in [-0.3, -0.25) is 39.6 Å². The van der Waals surface area contributed by atoms with Gasteiger partial charge in [0.2, 0.25) is 5.75 Å². The fourth-order valence-corrected chi connectivity index (χ4v) is 3.73. The summed E-state index contributed by atoms with van der Waals surface area (Å²) in [6, 6.07) is 5.92. The smallest absolute Gasteiger partial charge is 0.318 e. The van der Waals surface area contributed by atoms with E-state index < -0.39 is 33.0 Å². The lowest BCUT2D eigenvalue weighted by atomic mass is 10.1. The molecule has 0 aromatic heterocycles. The minimum Gasteiger partial charge on any atom is -0.493 e. The Morgan fingerprint density at radius 3 is 2.15 bits per heavy atom. The number of hydrogen-bond acceptors (Lipinski definition) is 9. The largest absolute Gasteiger partial charge is 0.493 e. The first-order chi connectivity index (χ1) is 16.0. The highest BCUT2D eigenvalue weighted by atomic mass is 79.9. The van der Waals surface area contributed by atoms with E-state index in [1.165, 1.54) is 49.2 Å². The van der Waals surface area contributed by atoms with Gasteiger partial charge in [-0.15, -0.1) is 0 Å². The summed E-state index contributed by atoms with van der Waals surface area (Å²) in [5.41, 5.74) is -0.828. The molecule has 2 amide bonds. The van der Waals surface area contributed by atoms with Crippen molar-refractivity contribution in [2.75, 3.05) is 21.2 Å². The average molecular weight is 551 g/mol. The van der Waals surface area contributed by atoms with Gasteiger partial charge >= 0.3 is 5.69 Å². The van der Waals surface area contributed by atoms with Crippen LogP contribution in [0.2, 0.25) is 0 Å². The predicted octanol–water partition coefficient (Wildman–Crippen LogP) is 3.67. The summed E-state index contributed by atoms with van der Waals surface area (Å²) in [5, 5.41) is 22.4. The van der Waals surface area contributed by atoms with Crippen LogP contribution >= 0.6 is 28.1 Å². The summed E-state index contributed by atoms with van der Waals surface area (Å²) < 4.78 is 11.3. The van der Waals surface area contributed by atoms with E-state index in [2.05, 4.69) is 15.9 Å². The van der Waals surface area contributed by atoms with Crippen LogP contribution in [0.5, 0.6) is 17.2 Å². The molecule has 3 rings (SSSR count). The Kier molecular flexibility index (Phi) is 6.93. The topological polar surface area (TPSA) is 145 Å². The third-order valence-corrected chi connectivity index (χ3v) is 5.91. The Bertz CT molecular complexity index is 1270. The fourth-order valence-electron chi connectivity index (χ4n) is 3.02. The molecule has 1 heterocycles. The van der Waals surface area contributed by atoms with Crippen molar-refractivity contribution in [1.29, 1.82) is 0 Å². The summed E-state index contributed by atoms with van der Waals surface area (Å²) >= 11 is 8.37. The minimum atomic E-state index is -0.806. The van der Waals surface area contributed by atoms with Crippen LogP contribution in [0.1, 0.15) is 5.56 Å². The molecule has 12 nitrogen and oxygen atoms in total. The van der Waals surface area contributed by atoms with Crippen molar-refractivity contribution in [3.05, 3.63) is 66.2 Å². The number of carbonyl (C=O) groups excluding carboxylic acids is 2. The number of carbonyl (C=O) groups is 2. The maximum absolute atomic E-state index is 12.6. The number of rotatable bonds is 6. The van der Waals surface area contributed by atoms with E-state index in [-0.39, 0.29) is 32.4 Å². The zero-order valence-corrected chi connectivity index (χ0v) is 20.2. The molecule has 0 atom stereocenters. The second-order valence-electron chi connectivity index (χ2n) is 6.87. The van der Waals surface area contributed by atoms with Gasteiger partial charge < -0.3 is 9.47 Å². The fraction of sp³-hybridized carbons (Fsp3) is 0.150. The Labute approximate surface area is 205 Å². The van der Waals surface area contributed by atoms with Gasteiger partial charge in [-0.05, 0) is 58.0 Å². The highest BCUT2D eigenvalue weighted by Gasteiger charge is 2.35. The number of halogens is 1. The molecule has 1 saturated heterocycles. The first-order valence-electron chi connectivity index (χ1n) is 9.26. The molecule has 1 fully saturated rings. The summed E-state index contributed by atoms with van der Waals surface area (Å²) in [6.07, 6.45) is 1.35. The number of hydrogen-bond donors (Lipinski definition) is 0. The monoisotopic (exact) mass is 550 g/mol. The number of nitro benzene ring substituents is 2. The number of benzene rings is 2. The molecule has 2 aromatic carbocycles. The Hall–Kier alpha value is -3.91. The lowest BCUT2D eigenvalue weighted by Gasteiger charge is -2.31. The highest BCUT2D eigenvalue weighted by molar-refractivity contribution is 9.10. The van der Waals surface area contributed by atoms with Crippen molar-refractivity contribution in [2.24, 2.45) is 0 Å². The van der Waals surface area contributed by atoms with Crippen molar-refractivity contribution >= 4 is 62.5 Å². The van der Waals surface area contributed by atoms with Gasteiger partial charge in [0.15, 0.2) is 16.6 Å². The lowest BCUT2D eigenvalue weighted by Crippen LogP contribution is -2.52. The van der Waals surface area contributed by atoms with Crippen LogP contribution in [0.25, 0.3) is 6.08 Å². The normalized spacial score (nSPS) is 13.8. The number of likely N-dealkylation sites (N-methyl/N-ethyl adjacent to an activating group) is 2. The second-order valence-corrected chi connectivity index (χ2v) is 8.09. The molecular formula is C20H15BrN4O8S. The van der Waals surface area contributed by atoms with E-state index in [9.17, 15) is 29.8 Å². The summed E-state index contributed by atoms with van der Waals surface area (Å²) in [4.78, 5) is 48.3. The Morgan fingerprint density at radius 2 is 1.62 bits per heavy atom. The zero-order chi connectivity index (χ0) is 25.3. The quantitative estimate of drug-likeness (QED) is 0.173. The van der Waals surface area contributed by atoms with Crippen LogP contribution in [0.15, 0.2) is 40.4 Å². The molecule has 0 N–H and O–H groups in total. The first kappa shape index (κ1) is 24.7. The van der Waals surface area contributed by atoms with Crippen molar-refractivity contribution in [3.63, 3.8) is 0 Å². The third kappa shape index (κ3) is 4.58. The number of ether oxygens (including phenoxy) is 2. The van der Waals surface area contributed by atoms with E-state index in [0.29, 0.717) is 5.56 Å². The third-order valence-electron chi connectivity index (χ3n) is 4.77. The van der Waals surface area contributed by atoms with Gasteiger partial charge in [0.05, 0.1) is 27.5 Å². The van der Waals surface area contributed by atoms with Crippen molar-refractivity contribution in [1.82, 2.24) is 9.80 Å². The lowest BCUT2D eigenvalue weighted by molar-refractivity contribution is -0.394. The van der Waals surface area contributed by atoms with Crippen LogP contribution in [-0.2, 0) is 9.59 Å². The van der Waals surface area contributed by atoms with Gasteiger partial charge in [0, 0.05) is 20.2 Å². The Balaban J connectivity index is 2.04. The molecule has 2 aromatic rings. The van der Waals surface area contributed by atoms with Crippen molar-refractivity contribution in [3.8, 4) is 17.2 Å². The number of nitro groups is 2. The molecule has 34 heavy (non-hydrogen) atoms. The Morgan fingerprint density at radius 1 is 1.00 bits per heavy atom. The van der Waals surface area contributed by atoms with E-state index in [1.807, 2.05) is 0 Å². The SMILES string of the molecule is COc1cc(C=C2C(=O)N(C)C(=S)N(C)C2=O)cc(Br)c1Oc1ccc([N+](=O)[O-])cc1[N+](=O)[O-]. The summed E-state index contributed by atoms with van der Waals surface area (Å²) in [7, 11) is 4.23.